The molecule has 0 aromatic carbocycles. The highest BCUT2D eigenvalue weighted by Crippen LogP contribution is 1.99. The Labute approximate surface area is 64.2 Å². The summed E-state index contributed by atoms with van der Waals surface area (Å²) in [4.78, 5) is 0. The molecule has 2 atom stereocenters. The molecule has 0 rings (SSSR count). The summed E-state index contributed by atoms with van der Waals surface area (Å²) in [6, 6.07) is 0.787. The zero-order chi connectivity index (χ0) is 7.98. The number of likely N-dealkylation sites (N-methyl/N-ethyl adjacent to an activating group) is 1. The molecular weight excluding hydrogens is 124 g/mol. The predicted octanol–water partition coefficient (Wildman–Crippen LogP) is 1.11. The van der Waals surface area contributed by atoms with Gasteiger partial charge in [-0.05, 0) is 19.9 Å². The van der Waals surface area contributed by atoms with Gasteiger partial charge in [0, 0.05) is 12.1 Å². The van der Waals surface area contributed by atoms with Crippen LogP contribution in [0, 0.1) is 0 Å². The first-order valence-corrected chi connectivity index (χ1v) is 4.21. The predicted molar refractivity (Wildman–Crippen MR) is 46.0 cm³/mol. The Kier molecular flexibility index (Phi) is 5.64. The summed E-state index contributed by atoms with van der Waals surface area (Å²) in [5, 5.41) is 3.36. The molecule has 0 aromatic heterocycles. The Morgan fingerprint density at radius 2 is 2.00 bits per heavy atom. The summed E-state index contributed by atoms with van der Waals surface area (Å²) in [5.74, 6) is 0. The molecule has 3 N–H and O–H groups in total. The van der Waals surface area contributed by atoms with Gasteiger partial charge in [-0.3, -0.25) is 0 Å². The fourth-order valence-electron chi connectivity index (χ4n) is 1.12. The van der Waals surface area contributed by atoms with Crippen molar-refractivity contribution in [3.05, 3.63) is 0 Å². The number of hydrogen-bond acceptors (Lipinski definition) is 2. The molecule has 0 aliphatic heterocycles. The van der Waals surface area contributed by atoms with Crippen molar-refractivity contribution in [3.63, 3.8) is 0 Å². The first-order valence-electron chi connectivity index (χ1n) is 4.21. The van der Waals surface area contributed by atoms with Crippen molar-refractivity contribution in [1.29, 1.82) is 0 Å². The van der Waals surface area contributed by atoms with Crippen LogP contribution >= 0.6 is 0 Å². The van der Waals surface area contributed by atoms with E-state index in [1.807, 2.05) is 0 Å². The van der Waals surface area contributed by atoms with Gasteiger partial charge in [0.1, 0.15) is 0 Å². The lowest BCUT2D eigenvalue weighted by atomic mass is 10.1. The van der Waals surface area contributed by atoms with Gasteiger partial charge in [0.2, 0.25) is 0 Å². The Morgan fingerprint density at radius 1 is 1.40 bits per heavy atom. The molecule has 0 amide bonds. The summed E-state index contributed by atoms with van der Waals surface area (Å²) >= 11 is 0. The highest BCUT2D eigenvalue weighted by Gasteiger charge is 2.09. The summed E-state index contributed by atoms with van der Waals surface area (Å²) < 4.78 is 0. The third-order valence-corrected chi connectivity index (χ3v) is 1.70. The van der Waals surface area contributed by atoms with Gasteiger partial charge in [-0.1, -0.05) is 20.3 Å². The van der Waals surface area contributed by atoms with Gasteiger partial charge in [0.05, 0.1) is 0 Å². The number of rotatable bonds is 5. The largest absolute Gasteiger partial charge is 0.327 e. The number of hydrogen-bond donors (Lipinski definition) is 2. The second kappa shape index (κ2) is 5.69. The van der Waals surface area contributed by atoms with E-state index in [1.165, 1.54) is 12.8 Å². The second-order valence-electron chi connectivity index (χ2n) is 2.81. The molecule has 0 aliphatic carbocycles. The molecule has 0 spiro atoms. The summed E-state index contributed by atoms with van der Waals surface area (Å²) in [5.41, 5.74) is 5.75. The molecule has 2 heteroatoms. The fourth-order valence-corrected chi connectivity index (χ4v) is 1.12. The van der Waals surface area contributed by atoms with Crippen LogP contribution in [0.25, 0.3) is 0 Å². The Bertz CT molecular complexity index is 65.7. The van der Waals surface area contributed by atoms with Gasteiger partial charge in [-0.15, -0.1) is 0 Å². The quantitative estimate of drug-likeness (QED) is 0.606. The molecule has 0 fully saturated rings. The number of nitrogens with one attached hydrogen (secondary N) is 1. The van der Waals surface area contributed by atoms with Crippen LogP contribution in [0.5, 0.6) is 0 Å². The van der Waals surface area contributed by atoms with E-state index >= 15 is 0 Å². The highest BCUT2D eigenvalue weighted by atomic mass is 14.9. The van der Waals surface area contributed by atoms with E-state index in [2.05, 4.69) is 26.1 Å². The maximum Gasteiger partial charge on any atom is 0.0216 e. The van der Waals surface area contributed by atoms with Crippen molar-refractivity contribution in [2.75, 3.05) is 6.54 Å². The monoisotopic (exact) mass is 144 g/mol. The summed E-state index contributed by atoms with van der Waals surface area (Å²) in [6.07, 6.45) is 2.39. The SMILES string of the molecule is CCCC(NCC)C(C)N. The molecule has 2 nitrogen and oxygen atoms in total. The van der Waals surface area contributed by atoms with Crippen molar-refractivity contribution >= 4 is 0 Å². The maximum atomic E-state index is 5.75. The van der Waals surface area contributed by atoms with Crippen LogP contribution in [-0.2, 0) is 0 Å². The van der Waals surface area contributed by atoms with E-state index < -0.39 is 0 Å². The summed E-state index contributed by atoms with van der Waals surface area (Å²) in [6.45, 7) is 7.38. The average molecular weight is 144 g/mol. The molecule has 0 saturated heterocycles. The second-order valence-corrected chi connectivity index (χ2v) is 2.81. The minimum atomic E-state index is 0.278. The molecule has 0 radical (unpaired) electrons. The lowest BCUT2D eigenvalue weighted by Crippen LogP contribution is -2.42. The fraction of sp³-hybridized carbons (Fsp3) is 1.00. The summed E-state index contributed by atoms with van der Waals surface area (Å²) in [7, 11) is 0. The highest BCUT2D eigenvalue weighted by molar-refractivity contribution is 4.73. The normalized spacial score (nSPS) is 16.8. The van der Waals surface area contributed by atoms with Crippen LogP contribution in [-0.4, -0.2) is 18.6 Å². The van der Waals surface area contributed by atoms with Crippen LogP contribution in [0.15, 0.2) is 0 Å². The van der Waals surface area contributed by atoms with Crippen LogP contribution < -0.4 is 11.1 Å². The van der Waals surface area contributed by atoms with E-state index in [0.29, 0.717) is 6.04 Å². The lowest BCUT2D eigenvalue weighted by Gasteiger charge is -2.20. The van der Waals surface area contributed by atoms with Crippen molar-refractivity contribution in [2.45, 2.75) is 45.7 Å². The van der Waals surface area contributed by atoms with E-state index in [0.717, 1.165) is 6.54 Å². The van der Waals surface area contributed by atoms with Crippen LogP contribution in [0.2, 0.25) is 0 Å². The Morgan fingerprint density at radius 3 is 2.30 bits per heavy atom. The molecule has 62 valence electrons. The van der Waals surface area contributed by atoms with Crippen LogP contribution in [0.4, 0.5) is 0 Å². The first-order chi connectivity index (χ1) is 4.72. The zero-order valence-electron chi connectivity index (χ0n) is 7.35. The zero-order valence-corrected chi connectivity index (χ0v) is 7.35. The first kappa shape index (κ1) is 9.92. The average Bonchev–Trinajstić information content (AvgIpc) is 1.87. The minimum absolute atomic E-state index is 0.278. The third-order valence-electron chi connectivity index (χ3n) is 1.70. The Balaban J connectivity index is 3.50. The van der Waals surface area contributed by atoms with E-state index in [1.54, 1.807) is 0 Å². The van der Waals surface area contributed by atoms with E-state index in [9.17, 15) is 0 Å². The molecular formula is C8H20N2. The molecule has 0 aromatic rings. The van der Waals surface area contributed by atoms with Crippen molar-refractivity contribution in [2.24, 2.45) is 5.73 Å². The standard InChI is InChI=1S/C8H20N2/c1-4-6-8(7(3)9)10-5-2/h7-8,10H,4-6,9H2,1-3H3. The topological polar surface area (TPSA) is 38.0 Å². The van der Waals surface area contributed by atoms with Gasteiger partial charge < -0.3 is 11.1 Å². The molecule has 0 bridgehead atoms. The minimum Gasteiger partial charge on any atom is -0.327 e. The molecule has 2 unspecified atom stereocenters. The van der Waals surface area contributed by atoms with E-state index in [4.69, 9.17) is 5.73 Å². The molecule has 0 aliphatic rings. The van der Waals surface area contributed by atoms with Gasteiger partial charge in [-0.25, -0.2) is 0 Å². The van der Waals surface area contributed by atoms with Gasteiger partial charge in [-0.2, -0.15) is 0 Å². The van der Waals surface area contributed by atoms with Crippen molar-refractivity contribution in [1.82, 2.24) is 5.32 Å². The number of nitrogens with two attached hydrogens (primary N) is 1. The van der Waals surface area contributed by atoms with Crippen LogP contribution in [0.3, 0.4) is 0 Å². The molecule has 0 saturated carbocycles. The smallest absolute Gasteiger partial charge is 0.0216 e. The van der Waals surface area contributed by atoms with Crippen LogP contribution in [0.1, 0.15) is 33.6 Å². The van der Waals surface area contributed by atoms with Gasteiger partial charge in [0.25, 0.3) is 0 Å². The third kappa shape index (κ3) is 3.85. The molecule has 0 heterocycles. The van der Waals surface area contributed by atoms with Crippen molar-refractivity contribution in [3.8, 4) is 0 Å². The molecule has 10 heavy (non-hydrogen) atoms. The maximum absolute atomic E-state index is 5.75. The van der Waals surface area contributed by atoms with Crippen molar-refractivity contribution < 1.29 is 0 Å². The lowest BCUT2D eigenvalue weighted by molar-refractivity contribution is 0.428. The van der Waals surface area contributed by atoms with Gasteiger partial charge >= 0.3 is 0 Å². The van der Waals surface area contributed by atoms with Gasteiger partial charge in [0.15, 0.2) is 0 Å². The Hall–Kier alpha value is -0.0800. The van der Waals surface area contributed by atoms with E-state index in [-0.39, 0.29) is 6.04 Å².